The summed E-state index contributed by atoms with van der Waals surface area (Å²) in [6.07, 6.45) is -6.72. The van der Waals surface area contributed by atoms with E-state index in [9.17, 15) is 13.2 Å². The van der Waals surface area contributed by atoms with Gasteiger partial charge in [0, 0.05) is 19.6 Å². The summed E-state index contributed by atoms with van der Waals surface area (Å²) >= 11 is 0. The molecule has 17 heavy (non-hydrogen) atoms. The van der Waals surface area contributed by atoms with Gasteiger partial charge in [-0.15, -0.1) is 0 Å². The van der Waals surface area contributed by atoms with Crippen LogP contribution in [0.5, 0.6) is 0 Å². The number of halogens is 3. The number of ether oxygens (including phenoxy) is 2. The highest BCUT2D eigenvalue weighted by molar-refractivity contribution is 4.61. The highest BCUT2D eigenvalue weighted by Gasteiger charge is 2.39. The molecule has 3 N–H and O–H groups in total. The molecule has 1 atom stereocenters. The van der Waals surface area contributed by atoms with Crippen molar-refractivity contribution >= 4 is 0 Å². The average molecular weight is 260 g/mol. The summed E-state index contributed by atoms with van der Waals surface area (Å²) < 4.78 is 46.3. The van der Waals surface area contributed by atoms with E-state index in [1.54, 1.807) is 0 Å². The Morgan fingerprint density at radius 3 is 2.12 bits per heavy atom. The standard InChI is InChI=1S/C10H20F3NO3/c1-3-16-9(17-4-2)5-6-14-7-8(15)10(11,12)13/h8-9,14-15H,3-7H2,1-2H3/p+1/t8-/m1/s1. The molecule has 0 radical (unpaired) electrons. The Balaban J connectivity index is 3.67. The third-order valence-corrected chi connectivity index (χ3v) is 2.08. The second-order valence-electron chi connectivity index (χ2n) is 3.50. The zero-order valence-corrected chi connectivity index (χ0v) is 10.2. The Morgan fingerprint density at radius 1 is 1.18 bits per heavy atom. The van der Waals surface area contributed by atoms with Crippen molar-refractivity contribution in [2.45, 2.75) is 38.8 Å². The smallest absolute Gasteiger partial charge is 0.379 e. The predicted octanol–water partition coefficient (Wildman–Crippen LogP) is 0.262. The molecule has 0 bridgehead atoms. The number of alkyl halides is 3. The molecular weight excluding hydrogens is 239 g/mol. The van der Waals surface area contributed by atoms with Crippen LogP contribution in [-0.2, 0) is 9.47 Å². The van der Waals surface area contributed by atoms with Gasteiger partial charge in [-0.25, -0.2) is 0 Å². The van der Waals surface area contributed by atoms with Gasteiger partial charge in [-0.2, -0.15) is 13.2 Å². The number of quaternary nitrogens is 1. The zero-order valence-electron chi connectivity index (χ0n) is 10.2. The van der Waals surface area contributed by atoms with Gasteiger partial charge >= 0.3 is 6.18 Å². The van der Waals surface area contributed by atoms with Crippen LogP contribution in [0.3, 0.4) is 0 Å². The summed E-state index contributed by atoms with van der Waals surface area (Å²) in [7, 11) is 0. The first-order valence-corrected chi connectivity index (χ1v) is 5.71. The molecule has 0 spiro atoms. The van der Waals surface area contributed by atoms with E-state index in [2.05, 4.69) is 0 Å². The van der Waals surface area contributed by atoms with Crippen molar-refractivity contribution in [1.29, 1.82) is 0 Å². The third-order valence-electron chi connectivity index (χ3n) is 2.08. The minimum Gasteiger partial charge on any atom is -0.379 e. The molecule has 0 aromatic carbocycles. The average Bonchev–Trinajstić information content (AvgIpc) is 2.23. The number of rotatable bonds is 9. The van der Waals surface area contributed by atoms with Crippen LogP contribution in [0, 0.1) is 0 Å². The molecular formula is C10H21F3NO3+. The van der Waals surface area contributed by atoms with E-state index in [0.717, 1.165) is 0 Å². The summed E-state index contributed by atoms with van der Waals surface area (Å²) in [6.45, 7) is 4.66. The van der Waals surface area contributed by atoms with Gasteiger partial charge in [0.05, 0.1) is 6.54 Å². The van der Waals surface area contributed by atoms with Crippen LogP contribution >= 0.6 is 0 Å². The van der Waals surface area contributed by atoms with Crippen LogP contribution in [0.25, 0.3) is 0 Å². The lowest BCUT2D eigenvalue weighted by atomic mass is 10.3. The fraction of sp³-hybridized carbons (Fsp3) is 1.00. The summed E-state index contributed by atoms with van der Waals surface area (Å²) in [5.41, 5.74) is 0. The summed E-state index contributed by atoms with van der Waals surface area (Å²) in [5, 5.41) is 10.1. The molecule has 0 aliphatic carbocycles. The molecule has 0 saturated carbocycles. The van der Waals surface area contributed by atoms with Crippen LogP contribution in [-0.4, -0.2) is 50.0 Å². The number of nitrogens with two attached hydrogens (primary N) is 1. The molecule has 0 aromatic rings. The molecule has 7 heteroatoms. The second-order valence-corrected chi connectivity index (χ2v) is 3.50. The molecule has 104 valence electrons. The first-order chi connectivity index (χ1) is 7.91. The summed E-state index contributed by atoms with van der Waals surface area (Å²) in [6, 6.07) is 0. The molecule has 0 aromatic heterocycles. The molecule has 0 unspecified atom stereocenters. The van der Waals surface area contributed by atoms with Gasteiger partial charge in [0.25, 0.3) is 0 Å². The monoisotopic (exact) mass is 260 g/mol. The fourth-order valence-electron chi connectivity index (χ4n) is 1.25. The van der Waals surface area contributed by atoms with E-state index < -0.39 is 18.8 Å². The van der Waals surface area contributed by atoms with Crippen LogP contribution in [0.2, 0.25) is 0 Å². The molecule has 0 rings (SSSR count). The Morgan fingerprint density at radius 2 is 1.71 bits per heavy atom. The van der Waals surface area contributed by atoms with Crippen molar-refractivity contribution in [2.24, 2.45) is 0 Å². The van der Waals surface area contributed by atoms with Gasteiger partial charge in [0.2, 0.25) is 0 Å². The van der Waals surface area contributed by atoms with E-state index in [-0.39, 0.29) is 6.29 Å². The Hall–Kier alpha value is -0.370. The minimum atomic E-state index is -4.55. The van der Waals surface area contributed by atoms with Gasteiger partial charge in [0.1, 0.15) is 6.54 Å². The van der Waals surface area contributed by atoms with E-state index in [0.29, 0.717) is 26.2 Å². The van der Waals surface area contributed by atoms with Gasteiger partial charge in [-0.05, 0) is 13.8 Å². The van der Waals surface area contributed by atoms with Gasteiger partial charge in [-0.3, -0.25) is 0 Å². The van der Waals surface area contributed by atoms with E-state index >= 15 is 0 Å². The van der Waals surface area contributed by atoms with Crippen molar-refractivity contribution in [3.63, 3.8) is 0 Å². The van der Waals surface area contributed by atoms with Crippen LogP contribution in [0.4, 0.5) is 13.2 Å². The molecule has 0 aliphatic rings. The number of aliphatic hydroxyl groups is 1. The third kappa shape index (κ3) is 8.37. The highest BCUT2D eigenvalue weighted by Crippen LogP contribution is 2.18. The summed E-state index contributed by atoms with van der Waals surface area (Å²) in [4.78, 5) is 0. The minimum absolute atomic E-state index is 0.385. The van der Waals surface area contributed by atoms with Crippen molar-refractivity contribution in [3.05, 3.63) is 0 Å². The Labute approximate surface area is 99.1 Å². The van der Waals surface area contributed by atoms with Gasteiger partial charge in [0.15, 0.2) is 12.4 Å². The highest BCUT2D eigenvalue weighted by atomic mass is 19.4. The topological polar surface area (TPSA) is 55.3 Å². The number of hydrogen-bond acceptors (Lipinski definition) is 3. The van der Waals surface area contributed by atoms with Gasteiger partial charge in [-0.1, -0.05) is 0 Å². The van der Waals surface area contributed by atoms with Crippen molar-refractivity contribution < 1.29 is 33.1 Å². The molecule has 4 nitrogen and oxygen atoms in total. The number of aliphatic hydroxyl groups excluding tert-OH is 1. The quantitative estimate of drug-likeness (QED) is 0.462. The molecule has 0 heterocycles. The SMILES string of the molecule is CCOC(CC[NH2+]C[C@@H](O)C(F)(F)F)OCC. The maximum atomic E-state index is 12.0. The van der Waals surface area contributed by atoms with Crippen LogP contribution < -0.4 is 5.32 Å². The van der Waals surface area contributed by atoms with E-state index in [1.165, 1.54) is 5.32 Å². The molecule has 0 fully saturated rings. The largest absolute Gasteiger partial charge is 0.419 e. The molecule has 0 saturated heterocycles. The second kappa shape index (κ2) is 8.68. The number of hydrogen-bond donors (Lipinski definition) is 2. The van der Waals surface area contributed by atoms with Crippen LogP contribution in [0.1, 0.15) is 20.3 Å². The Kier molecular flexibility index (Phi) is 8.49. The zero-order chi connectivity index (χ0) is 13.3. The first-order valence-electron chi connectivity index (χ1n) is 5.71. The van der Waals surface area contributed by atoms with E-state index in [1.807, 2.05) is 13.8 Å². The maximum Gasteiger partial charge on any atom is 0.419 e. The lowest BCUT2D eigenvalue weighted by molar-refractivity contribution is -0.666. The van der Waals surface area contributed by atoms with Crippen molar-refractivity contribution in [2.75, 3.05) is 26.3 Å². The molecule has 0 aliphatic heterocycles. The fourth-order valence-corrected chi connectivity index (χ4v) is 1.25. The first kappa shape index (κ1) is 16.6. The van der Waals surface area contributed by atoms with Crippen molar-refractivity contribution in [1.82, 2.24) is 0 Å². The lowest BCUT2D eigenvalue weighted by Crippen LogP contribution is -2.87. The maximum absolute atomic E-state index is 12.0. The normalized spacial score (nSPS) is 14.3. The predicted molar refractivity (Wildman–Crippen MR) is 55.4 cm³/mol. The Bertz CT molecular complexity index is 184. The van der Waals surface area contributed by atoms with Crippen molar-refractivity contribution in [3.8, 4) is 0 Å². The van der Waals surface area contributed by atoms with E-state index in [4.69, 9.17) is 14.6 Å². The summed E-state index contributed by atoms with van der Waals surface area (Å²) in [5.74, 6) is 0. The van der Waals surface area contributed by atoms with Crippen LogP contribution in [0.15, 0.2) is 0 Å². The molecule has 0 amide bonds. The lowest BCUT2D eigenvalue weighted by Gasteiger charge is -2.17. The van der Waals surface area contributed by atoms with Gasteiger partial charge < -0.3 is 19.9 Å².